The van der Waals surface area contributed by atoms with Crippen LogP contribution in [0.4, 0.5) is 0 Å². The SMILES string of the molecule is CSC(N)=[N+]1N=C2/C(=C/c3ccccc3)CCC[C@H]2[C@H]1c1ccccc1. The summed E-state index contributed by atoms with van der Waals surface area (Å²) in [4.78, 5) is 0. The van der Waals surface area contributed by atoms with Crippen LogP contribution in [0.25, 0.3) is 6.08 Å². The van der Waals surface area contributed by atoms with Crippen LogP contribution in [0.1, 0.15) is 36.4 Å². The predicted octanol–water partition coefficient (Wildman–Crippen LogP) is 4.67. The van der Waals surface area contributed by atoms with Crippen LogP contribution in [0.5, 0.6) is 0 Å². The van der Waals surface area contributed by atoms with Gasteiger partial charge in [-0.2, -0.15) is 0 Å². The average molecular weight is 363 g/mol. The van der Waals surface area contributed by atoms with Crippen LogP contribution in [-0.4, -0.2) is 21.8 Å². The summed E-state index contributed by atoms with van der Waals surface area (Å²) in [5.41, 5.74) is 11.4. The molecule has 26 heavy (non-hydrogen) atoms. The number of rotatable bonds is 2. The summed E-state index contributed by atoms with van der Waals surface area (Å²) in [5, 5.41) is 5.78. The number of hydrogen-bond donors (Lipinski definition) is 1. The molecule has 3 nitrogen and oxygen atoms in total. The first-order valence-electron chi connectivity index (χ1n) is 9.13. The lowest BCUT2D eigenvalue weighted by Gasteiger charge is -2.24. The van der Waals surface area contributed by atoms with E-state index in [1.54, 1.807) is 11.8 Å². The molecule has 0 saturated heterocycles. The molecule has 1 heterocycles. The number of nitrogens with zero attached hydrogens (tertiary/aromatic N) is 2. The van der Waals surface area contributed by atoms with Gasteiger partial charge in [-0.3, -0.25) is 5.73 Å². The minimum Gasteiger partial charge on any atom is -0.280 e. The third kappa shape index (κ3) is 3.21. The number of nitrogens with two attached hydrogens (primary N) is 1. The van der Waals surface area contributed by atoms with Gasteiger partial charge in [0.25, 0.3) is 0 Å². The molecule has 2 atom stereocenters. The van der Waals surface area contributed by atoms with Gasteiger partial charge in [0.15, 0.2) is 6.04 Å². The van der Waals surface area contributed by atoms with E-state index in [0.717, 1.165) is 18.0 Å². The summed E-state index contributed by atoms with van der Waals surface area (Å²) >= 11 is 1.56. The van der Waals surface area contributed by atoms with Crippen molar-refractivity contribution in [2.24, 2.45) is 16.8 Å². The molecule has 2 aromatic rings. The Balaban J connectivity index is 1.79. The zero-order chi connectivity index (χ0) is 17.9. The maximum atomic E-state index is 6.34. The van der Waals surface area contributed by atoms with Crippen LogP contribution in [-0.2, 0) is 0 Å². The van der Waals surface area contributed by atoms with E-state index < -0.39 is 0 Å². The summed E-state index contributed by atoms with van der Waals surface area (Å²) in [6.45, 7) is 0. The van der Waals surface area contributed by atoms with Crippen LogP contribution in [0, 0.1) is 5.92 Å². The molecule has 132 valence electrons. The van der Waals surface area contributed by atoms with E-state index in [9.17, 15) is 0 Å². The van der Waals surface area contributed by atoms with E-state index in [-0.39, 0.29) is 6.04 Å². The normalized spacial score (nSPS) is 25.7. The van der Waals surface area contributed by atoms with Gasteiger partial charge in [0.05, 0.1) is 11.6 Å². The average Bonchev–Trinajstić information content (AvgIpc) is 3.09. The van der Waals surface area contributed by atoms with Crippen molar-refractivity contribution in [3.05, 3.63) is 77.4 Å². The first-order chi connectivity index (χ1) is 12.8. The van der Waals surface area contributed by atoms with Crippen molar-refractivity contribution in [3.63, 3.8) is 0 Å². The van der Waals surface area contributed by atoms with Crippen LogP contribution in [0.2, 0.25) is 0 Å². The quantitative estimate of drug-likeness (QED) is 0.623. The topological polar surface area (TPSA) is 41.4 Å². The number of hydrazone groups is 1. The van der Waals surface area contributed by atoms with Crippen LogP contribution >= 0.6 is 11.8 Å². The Morgan fingerprint density at radius 2 is 1.81 bits per heavy atom. The van der Waals surface area contributed by atoms with Crippen molar-refractivity contribution in [3.8, 4) is 0 Å². The summed E-state index contributed by atoms with van der Waals surface area (Å²) in [5.74, 6) is 0.395. The van der Waals surface area contributed by atoms with E-state index >= 15 is 0 Å². The molecule has 0 amide bonds. The zero-order valence-electron chi connectivity index (χ0n) is 15.0. The Bertz CT molecular complexity index is 869. The molecular formula is C22H24N3S+. The molecule has 1 aliphatic heterocycles. The van der Waals surface area contributed by atoms with Crippen molar-refractivity contribution in [2.75, 3.05) is 6.26 Å². The fourth-order valence-corrected chi connectivity index (χ4v) is 4.35. The van der Waals surface area contributed by atoms with Gasteiger partial charge < -0.3 is 0 Å². The van der Waals surface area contributed by atoms with Gasteiger partial charge in [-0.1, -0.05) is 65.8 Å². The summed E-state index contributed by atoms with van der Waals surface area (Å²) in [6, 6.07) is 21.4. The van der Waals surface area contributed by atoms with Crippen LogP contribution in [0.3, 0.4) is 0 Å². The number of allylic oxidation sites excluding steroid dienone is 1. The minimum absolute atomic E-state index is 0.193. The second-order valence-electron chi connectivity index (χ2n) is 6.81. The van der Waals surface area contributed by atoms with Crippen LogP contribution in [0.15, 0.2) is 71.3 Å². The first kappa shape index (κ1) is 17.1. The highest BCUT2D eigenvalue weighted by Gasteiger charge is 2.44. The molecule has 0 radical (unpaired) electrons. The fraction of sp³-hybridized carbons (Fsp3) is 0.273. The largest absolute Gasteiger partial charge is 0.329 e. The third-order valence-electron chi connectivity index (χ3n) is 5.22. The lowest BCUT2D eigenvalue weighted by Crippen LogP contribution is -2.28. The van der Waals surface area contributed by atoms with Gasteiger partial charge in [0.1, 0.15) is 0 Å². The van der Waals surface area contributed by atoms with Crippen molar-refractivity contribution >= 4 is 28.7 Å². The summed E-state index contributed by atoms with van der Waals surface area (Å²) in [7, 11) is 0. The van der Waals surface area contributed by atoms with E-state index in [1.807, 2.05) is 10.9 Å². The molecule has 1 aliphatic carbocycles. The molecule has 2 aromatic carbocycles. The molecule has 1 fully saturated rings. The highest BCUT2D eigenvalue weighted by Crippen LogP contribution is 2.42. The lowest BCUT2D eigenvalue weighted by molar-refractivity contribution is -0.571. The molecule has 4 rings (SSSR count). The van der Waals surface area contributed by atoms with E-state index in [1.165, 1.54) is 28.8 Å². The second-order valence-corrected chi connectivity index (χ2v) is 7.63. The van der Waals surface area contributed by atoms with E-state index in [4.69, 9.17) is 10.8 Å². The fourth-order valence-electron chi connectivity index (χ4n) is 4.01. The predicted molar refractivity (Wildman–Crippen MR) is 111 cm³/mol. The number of benzene rings is 2. The Kier molecular flexibility index (Phi) is 4.93. The molecule has 1 saturated carbocycles. The molecule has 0 unspecified atom stereocenters. The Morgan fingerprint density at radius 1 is 1.12 bits per heavy atom. The molecular weight excluding hydrogens is 338 g/mol. The standard InChI is InChI=1S/C22H23N3S/c1-26-22(23)25-21(17-11-6-3-7-12-17)19-14-8-13-18(20(19)24-25)15-16-9-4-2-5-10-16/h2-7,9-12,15,19,21,23H,8,13-14H2,1H3/p+1/b18-15+/t19-,21-/m1/s1. The molecule has 2 N–H and O–H groups in total. The van der Waals surface area contributed by atoms with Gasteiger partial charge in [0.2, 0.25) is 0 Å². The number of hydrogen-bond acceptors (Lipinski definition) is 2. The van der Waals surface area contributed by atoms with Crippen LogP contribution < -0.4 is 5.73 Å². The third-order valence-corrected chi connectivity index (χ3v) is 5.82. The summed E-state index contributed by atoms with van der Waals surface area (Å²) in [6.07, 6.45) is 7.74. The molecule has 0 bridgehead atoms. The van der Waals surface area contributed by atoms with E-state index in [2.05, 4.69) is 66.7 Å². The highest BCUT2D eigenvalue weighted by molar-refractivity contribution is 8.12. The molecule has 4 heteroatoms. The van der Waals surface area contributed by atoms with Crippen molar-refractivity contribution in [1.29, 1.82) is 0 Å². The number of fused-ring (bicyclic) bond motifs is 1. The lowest BCUT2D eigenvalue weighted by atomic mass is 9.78. The first-order valence-corrected chi connectivity index (χ1v) is 10.4. The van der Waals surface area contributed by atoms with Crippen molar-refractivity contribution in [2.45, 2.75) is 25.3 Å². The molecule has 0 spiro atoms. The minimum atomic E-state index is 0.193. The van der Waals surface area contributed by atoms with Gasteiger partial charge in [-0.05, 0) is 60.1 Å². The second kappa shape index (κ2) is 7.50. The highest BCUT2D eigenvalue weighted by atomic mass is 32.2. The Hall–Kier alpha value is -2.33. The van der Waals surface area contributed by atoms with Crippen molar-refractivity contribution in [1.82, 2.24) is 0 Å². The Labute approximate surface area is 159 Å². The smallest absolute Gasteiger partial charge is 0.280 e. The monoisotopic (exact) mass is 362 g/mol. The molecule has 2 aliphatic rings. The van der Waals surface area contributed by atoms with E-state index in [0.29, 0.717) is 5.92 Å². The zero-order valence-corrected chi connectivity index (χ0v) is 15.8. The maximum Gasteiger partial charge on any atom is 0.329 e. The maximum absolute atomic E-state index is 6.34. The van der Waals surface area contributed by atoms with Crippen molar-refractivity contribution < 1.29 is 4.68 Å². The number of thioether (sulfide) groups is 1. The summed E-state index contributed by atoms with van der Waals surface area (Å²) < 4.78 is 2.05. The van der Waals surface area contributed by atoms with Gasteiger partial charge in [-0.15, -0.1) is 4.68 Å². The number of amidine groups is 1. The van der Waals surface area contributed by atoms with Gasteiger partial charge >= 0.3 is 5.17 Å². The Morgan fingerprint density at radius 3 is 2.50 bits per heavy atom. The van der Waals surface area contributed by atoms with Gasteiger partial charge in [-0.25, -0.2) is 0 Å². The molecule has 0 aromatic heterocycles. The van der Waals surface area contributed by atoms with Gasteiger partial charge in [0, 0.05) is 0 Å².